The second-order valence-corrected chi connectivity index (χ2v) is 7.26. The van der Waals surface area contributed by atoms with Crippen LogP contribution >= 0.6 is 23.4 Å². The molecule has 1 amide bonds. The summed E-state index contributed by atoms with van der Waals surface area (Å²) in [6.45, 7) is 3.82. The summed E-state index contributed by atoms with van der Waals surface area (Å²) in [4.78, 5) is 12.2. The second kappa shape index (κ2) is 7.97. The maximum atomic E-state index is 12.2. The van der Waals surface area contributed by atoms with Gasteiger partial charge in [-0.05, 0) is 37.6 Å². The van der Waals surface area contributed by atoms with Gasteiger partial charge in [-0.15, -0.1) is 10.2 Å². The van der Waals surface area contributed by atoms with E-state index in [2.05, 4.69) is 15.5 Å². The fourth-order valence-electron chi connectivity index (χ4n) is 2.54. The molecule has 3 aromatic rings. The van der Waals surface area contributed by atoms with Crippen LogP contribution in [0, 0.1) is 6.92 Å². The number of carbonyl (C=O) groups excluding carboxylic acids is 1. The molecule has 1 N–H and O–H groups in total. The normalized spacial score (nSPS) is 12.2. The van der Waals surface area contributed by atoms with Gasteiger partial charge in [-0.2, -0.15) is 0 Å². The lowest BCUT2D eigenvalue weighted by Gasteiger charge is -2.14. The van der Waals surface area contributed by atoms with Crippen LogP contribution in [0.5, 0.6) is 0 Å². The molecule has 1 aromatic carbocycles. The number of aryl methyl sites for hydroxylation is 1. The summed E-state index contributed by atoms with van der Waals surface area (Å²) in [6, 6.07) is 9.20. The summed E-state index contributed by atoms with van der Waals surface area (Å²) in [7, 11) is 1.87. The first-order chi connectivity index (χ1) is 12.5. The second-order valence-electron chi connectivity index (χ2n) is 5.89. The molecular weight excluding hydrogens is 372 g/mol. The molecule has 0 fully saturated rings. The summed E-state index contributed by atoms with van der Waals surface area (Å²) >= 11 is 7.24. The molecule has 0 saturated carbocycles. The number of furan rings is 1. The topological polar surface area (TPSA) is 72.9 Å². The van der Waals surface area contributed by atoms with Gasteiger partial charge >= 0.3 is 0 Å². The van der Waals surface area contributed by atoms with Gasteiger partial charge in [0.1, 0.15) is 5.76 Å². The Hall–Kier alpha value is -2.25. The number of rotatable bonds is 6. The molecule has 3 rings (SSSR count). The molecule has 0 aliphatic heterocycles. The highest BCUT2D eigenvalue weighted by Crippen LogP contribution is 2.25. The molecular formula is C18H19ClN4O2S. The minimum absolute atomic E-state index is 0.0681. The standard InChI is InChI=1S/C18H19ClN4O2S/c1-11(13-4-6-14(19)7-5-13)20-16(24)10-26-18-22-21-17(23(18)3)15-8-9-25-12(15)2/h4-9,11H,10H2,1-3H3,(H,20,24). The van der Waals surface area contributed by atoms with Crippen LogP contribution < -0.4 is 5.32 Å². The molecule has 26 heavy (non-hydrogen) atoms. The minimum atomic E-state index is -0.0935. The van der Waals surface area contributed by atoms with E-state index in [-0.39, 0.29) is 17.7 Å². The van der Waals surface area contributed by atoms with E-state index >= 15 is 0 Å². The highest BCUT2D eigenvalue weighted by Gasteiger charge is 2.16. The molecule has 0 spiro atoms. The Bertz CT molecular complexity index is 904. The molecule has 0 radical (unpaired) electrons. The number of amides is 1. The highest BCUT2D eigenvalue weighted by atomic mass is 35.5. The van der Waals surface area contributed by atoms with Crippen LogP contribution in [0.2, 0.25) is 5.02 Å². The van der Waals surface area contributed by atoms with Gasteiger partial charge in [-0.25, -0.2) is 0 Å². The van der Waals surface area contributed by atoms with E-state index in [1.165, 1.54) is 11.8 Å². The lowest BCUT2D eigenvalue weighted by Crippen LogP contribution is -2.28. The van der Waals surface area contributed by atoms with E-state index in [1.54, 1.807) is 6.26 Å². The Balaban J connectivity index is 1.59. The van der Waals surface area contributed by atoms with Crippen molar-refractivity contribution in [3.8, 4) is 11.4 Å². The minimum Gasteiger partial charge on any atom is -0.469 e. The van der Waals surface area contributed by atoms with E-state index in [0.717, 1.165) is 16.9 Å². The Labute approximate surface area is 160 Å². The third-order valence-electron chi connectivity index (χ3n) is 4.01. The number of carbonyl (C=O) groups is 1. The van der Waals surface area contributed by atoms with Gasteiger partial charge in [0.2, 0.25) is 5.91 Å². The average molecular weight is 391 g/mol. The number of nitrogens with one attached hydrogen (secondary N) is 1. The van der Waals surface area contributed by atoms with Crippen molar-refractivity contribution >= 4 is 29.3 Å². The van der Waals surface area contributed by atoms with Crippen LogP contribution in [0.1, 0.15) is 24.3 Å². The van der Waals surface area contributed by atoms with Crippen molar-refractivity contribution in [1.82, 2.24) is 20.1 Å². The average Bonchev–Trinajstić information content (AvgIpc) is 3.19. The van der Waals surface area contributed by atoms with Crippen molar-refractivity contribution in [2.75, 3.05) is 5.75 Å². The molecule has 8 heteroatoms. The Morgan fingerprint density at radius 2 is 2.04 bits per heavy atom. The predicted molar refractivity (Wildman–Crippen MR) is 102 cm³/mol. The van der Waals surface area contributed by atoms with Gasteiger partial charge in [-0.3, -0.25) is 4.79 Å². The molecule has 2 heterocycles. The first-order valence-electron chi connectivity index (χ1n) is 8.07. The molecule has 0 aliphatic rings. The van der Waals surface area contributed by atoms with Crippen molar-refractivity contribution in [1.29, 1.82) is 0 Å². The van der Waals surface area contributed by atoms with Crippen LogP contribution in [0.25, 0.3) is 11.4 Å². The van der Waals surface area contributed by atoms with Crippen LogP contribution in [0.15, 0.2) is 46.2 Å². The van der Waals surface area contributed by atoms with Gasteiger partial charge in [0.15, 0.2) is 11.0 Å². The summed E-state index contributed by atoms with van der Waals surface area (Å²) < 4.78 is 7.17. The first kappa shape index (κ1) is 18.5. The third-order valence-corrected chi connectivity index (χ3v) is 5.29. The highest BCUT2D eigenvalue weighted by molar-refractivity contribution is 7.99. The van der Waals surface area contributed by atoms with Crippen LogP contribution in [0.3, 0.4) is 0 Å². The maximum absolute atomic E-state index is 12.2. The summed E-state index contributed by atoms with van der Waals surface area (Å²) in [5, 5.41) is 12.7. The Kier molecular flexibility index (Phi) is 5.68. The predicted octanol–water partition coefficient (Wildman–Crippen LogP) is 4.01. The fraction of sp³-hybridized carbons (Fsp3) is 0.278. The number of benzene rings is 1. The lowest BCUT2D eigenvalue weighted by molar-refractivity contribution is -0.119. The number of aromatic nitrogens is 3. The van der Waals surface area contributed by atoms with E-state index in [4.69, 9.17) is 16.0 Å². The third kappa shape index (κ3) is 4.11. The number of hydrogen-bond acceptors (Lipinski definition) is 5. The van der Waals surface area contributed by atoms with Crippen molar-refractivity contribution in [2.45, 2.75) is 25.0 Å². The SMILES string of the molecule is Cc1occc1-c1nnc(SCC(=O)NC(C)c2ccc(Cl)cc2)n1C. The molecule has 1 unspecified atom stereocenters. The summed E-state index contributed by atoms with van der Waals surface area (Å²) in [6.07, 6.45) is 1.62. The van der Waals surface area contributed by atoms with Gasteiger partial charge in [0, 0.05) is 12.1 Å². The van der Waals surface area contributed by atoms with E-state index in [0.29, 0.717) is 16.0 Å². The van der Waals surface area contributed by atoms with Gasteiger partial charge < -0.3 is 14.3 Å². The van der Waals surface area contributed by atoms with E-state index < -0.39 is 0 Å². The zero-order valence-corrected chi connectivity index (χ0v) is 16.3. The van der Waals surface area contributed by atoms with Crippen LogP contribution in [0.4, 0.5) is 0 Å². The Morgan fingerprint density at radius 1 is 1.31 bits per heavy atom. The number of nitrogens with zero attached hydrogens (tertiary/aromatic N) is 3. The molecule has 0 aliphatic carbocycles. The molecule has 0 bridgehead atoms. The van der Waals surface area contributed by atoms with Gasteiger partial charge in [0.05, 0.1) is 23.6 Å². The zero-order valence-electron chi connectivity index (χ0n) is 14.7. The van der Waals surface area contributed by atoms with Crippen molar-refractivity contribution in [2.24, 2.45) is 7.05 Å². The van der Waals surface area contributed by atoms with Crippen molar-refractivity contribution in [3.63, 3.8) is 0 Å². The van der Waals surface area contributed by atoms with Crippen molar-refractivity contribution in [3.05, 3.63) is 52.9 Å². The summed E-state index contributed by atoms with van der Waals surface area (Å²) in [5.74, 6) is 1.69. The smallest absolute Gasteiger partial charge is 0.230 e. The fourth-order valence-corrected chi connectivity index (χ4v) is 3.39. The largest absolute Gasteiger partial charge is 0.469 e. The molecule has 2 aromatic heterocycles. The zero-order chi connectivity index (χ0) is 18.7. The molecule has 6 nitrogen and oxygen atoms in total. The maximum Gasteiger partial charge on any atom is 0.230 e. The number of thioether (sulfide) groups is 1. The molecule has 0 saturated heterocycles. The van der Waals surface area contributed by atoms with Crippen LogP contribution in [-0.4, -0.2) is 26.4 Å². The van der Waals surface area contributed by atoms with Gasteiger partial charge in [-0.1, -0.05) is 35.5 Å². The molecule has 1 atom stereocenters. The number of halogens is 1. The monoisotopic (exact) mass is 390 g/mol. The lowest BCUT2D eigenvalue weighted by atomic mass is 10.1. The van der Waals surface area contributed by atoms with Crippen molar-refractivity contribution < 1.29 is 9.21 Å². The Morgan fingerprint density at radius 3 is 2.69 bits per heavy atom. The summed E-state index contributed by atoms with van der Waals surface area (Å²) in [5.41, 5.74) is 1.90. The molecule has 136 valence electrons. The van der Waals surface area contributed by atoms with Gasteiger partial charge in [0.25, 0.3) is 0 Å². The quantitative estimate of drug-likeness (QED) is 0.644. The van der Waals surface area contributed by atoms with E-state index in [9.17, 15) is 4.79 Å². The van der Waals surface area contributed by atoms with E-state index in [1.807, 2.05) is 55.8 Å². The number of hydrogen-bond donors (Lipinski definition) is 1. The first-order valence-corrected chi connectivity index (χ1v) is 9.43. The van der Waals surface area contributed by atoms with Crippen LogP contribution in [-0.2, 0) is 11.8 Å².